The number of amides is 1. The summed E-state index contributed by atoms with van der Waals surface area (Å²) in [7, 11) is 1.55. The van der Waals surface area contributed by atoms with Crippen LogP contribution < -0.4 is 15.8 Å². The van der Waals surface area contributed by atoms with Crippen molar-refractivity contribution in [3.8, 4) is 5.75 Å². The molecule has 2 rings (SSSR count). The third-order valence-corrected chi connectivity index (χ3v) is 3.18. The van der Waals surface area contributed by atoms with Gasteiger partial charge in [0.1, 0.15) is 11.8 Å². The van der Waals surface area contributed by atoms with Crippen LogP contribution in [-0.4, -0.2) is 13.0 Å². The highest BCUT2D eigenvalue weighted by atomic mass is 35.5. The molecule has 0 saturated carbocycles. The molecule has 0 aromatic heterocycles. The lowest BCUT2D eigenvalue weighted by atomic mass is 10.1. The van der Waals surface area contributed by atoms with Gasteiger partial charge in [-0.05, 0) is 23.8 Å². The maximum Gasteiger partial charge on any atom is 0.244 e. The van der Waals surface area contributed by atoms with Crippen molar-refractivity contribution in [3.63, 3.8) is 0 Å². The number of hydrogen-bond acceptors (Lipinski definition) is 3. The minimum Gasteiger partial charge on any atom is -0.495 e. The maximum atomic E-state index is 11.6. The van der Waals surface area contributed by atoms with Crippen molar-refractivity contribution >= 4 is 23.2 Å². The van der Waals surface area contributed by atoms with E-state index in [1.54, 1.807) is 25.3 Å². The van der Waals surface area contributed by atoms with Crippen LogP contribution >= 0.6 is 11.6 Å². The van der Waals surface area contributed by atoms with Crippen LogP contribution in [0, 0.1) is 0 Å². The molecule has 1 atom stereocenters. The third kappa shape index (κ3) is 3.22. The van der Waals surface area contributed by atoms with E-state index < -0.39 is 11.9 Å². The predicted molar refractivity (Wildman–Crippen MR) is 80.0 cm³/mol. The van der Waals surface area contributed by atoms with Crippen LogP contribution in [0.25, 0.3) is 0 Å². The Kier molecular flexibility index (Phi) is 4.48. The maximum absolute atomic E-state index is 11.6. The molecule has 0 fully saturated rings. The van der Waals surface area contributed by atoms with Gasteiger partial charge in [0.05, 0.1) is 12.1 Å². The van der Waals surface area contributed by atoms with E-state index in [1.807, 2.05) is 30.3 Å². The van der Waals surface area contributed by atoms with E-state index in [0.717, 1.165) is 5.56 Å². The molecular formula is C15H15ClN2O2. The second-order valence-corrected chi connectivity index (χ2v) is 4.65. The van der Waals surface area contributed by atoms with Gasteiger partial charge in [-0.25, -0.2) is 0 Å². The molecule has 2 aromatic carbocycles. The van der Waals surface area contributed by atoms with Crippen molar-refractivity contribution in [3.05, 3.63) is 59.1 Å². The molecule has 0 heterocycles. The van der Waals surface area contributed by atoms with E-state index in [4.69, 9.17) is 22.1 Å². The van der Waals surface area contributed by atoms with Crippen LogP contribution in [0.15, 0.2) is 48.5 Å². The van der Waals surface area contributed by atoms with E-state index in [0.29, 0.717) is 16.5 Å². The van der Waals surface area contributed by atoms with Gasteiger partial charge >= 0.3 is 0 Å². The molecular weight excluding hydrogens is 276 g/mol. The summed E-state index contributed by atoms with van der Waals surface area (Å²) >= 11 is 6.06. The van der Waals surface area contributed by atoms with Gasteiger partial charge in [0.2, 0.25) is 5.91 Å². The second kappa shape index (κ2) is 6.30. The number of methoxy groups -OCH3 is 1. The number of carbonyl (C=O) groups excluding carboxylic acids is 1. The van der Waals surface area contributed by atoms with Crippen molar-refractivity contribution in [2.75, 3.05) is 12.4 Å². The molecule has 2 aromatic rings. The van der Waals surface area contributed by atoms with Gasteiger partial charge in [-0.15, -0.1) is 0 Å². The molecule has 0 aliphatic heterocycles. The topological polar surface area (TPSA) is 64.3 Å². The Morgan fingerprint density at radius 2 is 1.95 bits per heavy atom. The molecule has 5 heteroatoms. The summed E-state index contributed by atoms with van der Waals surface area (Å²) in [5.74, 6) is 0.121. The van der Waals surface area contributed by atoms with Gasteiger partial charge in [-0.2, -0.15) is 0 Å². The molecule has 20 heavy (non-hydrogen) atoms. The average molecular weight is 291 g/mol. The summed E-state index contributed by atoms with van der Waals surface area (Å²) in [6.07, 6.45) is 0. The Labute approximate surface area is 122 Å². The number of ether oxygens (including phenoxy) is 1. The zero-order valence-electron chi connectivity index (χ0n) is 11.0. The predicted octanol–water partition coefficient (Wildman–Crippen LogP) is 2.99. The highest BCUT2D eigenvalue weighted by Crippen LogP contribution is 2.29. The second-order valence-electron chi connectivity index (χ2n) is 4.24. The summed E-state index contributed by atoms with van der Waals surface area (Å²) in [5, 5.41) is 3.54. The molecule has 0 spiro atoms. The SMILES string of the molecule is COc1ccc(NC(C(N)=O)c2ccccc2)cc1Cl. The van der Waals surface area contributed by atoms with Gasteiger partial charge in [0, 0.05) is 5.69 Å². The Bertz CT molecular complexity index is 602. The Morgan fingerprint density at radius 1 is 1.25 bits per heavy atom. The van der Waals surface area contributed by atoms with Crippen LogP contribution in [0.5, 0.6) is 5.75 Å². The van der Waals surface area contributed by atoms with E-state index in [9.17, 15) is 4.79 Å². The van der Waals surface area contributed by atoms with Crippen molar-refractivity contribution in [2.24, 2.45) is 5.73 Å². The lowest BCUT2D eigenvalue weighted by Crippen LogP contribution is -2.27. The lowest BCUT2D eigenvalue weighted by Gasteiger charge is -2.17. The Hall–Kier alpha value is -2.20. The fourth-order valence-electron chi connectivity index (χ4n) is 1.89. The number of halogens is 1. The quantitative estimate of drug-likeness (QED) is 0.890. The van der Waals surface area contributed by atoms with E-state index in [-0.39, 0.29) is 0 Å². The van der Waals surface area contributed by atoms with Crippen LogP contribution in [0.2, 0.25) is 5.02 Å². The normalized spacial score (nSPS) is 11.7. The minimum atomic E-state index is -0.610. The molecule has 0 aliphatic carbocycles. The standard InChI is InChI=1S/C15H15ClN2O2/c1-20-13-8-7-11(9-12(13)16)18-14(15(17)19)10-5-3-2-4-6-10/h2-9,14,18H,1H3,(H2,17,19). The number of benzene rings is 2. The van der Waals surface area contributed by atoms with Gasteiger partial charge in [-0.1, -0.05) is 41.9 Å². The summed E-state index contributed by atoms with van der Waals surface area (Å²) in [6, 6.07) is 13.9. The molecule has 3 N–H and O–H groups in total. The smallest absolute Gasteiger partial charge is 0.244 e. The van der Waals surface area contributed by atoms with Crippen molar-refractivity contribution in [1.29, 1.82) is 0 Å². The molecule has 1 unspecified atom stereocenters. The number of rotatable bonds is 5. The number of primary amides is 1. The van der Waals surface area contributed by atoms with Crippen LogP contribution in [-0.2, 0) is 4.79 Å². The fraction of sp³-hybridized carbons (Fsp3) is 0.133. The van der Waals surface area contributed by atoms with Crippen molar-refractivity contribution in [1.82, 2.24) is 0 Å². The van der Waals surface area contributed by atoms with Crippen LogP contribution in [0.3, 0.4) is 0 Å². The molecule has 1 amide bonds. The first-order valence-electron chi connectivity index (χ1n) is 6.06. The average Bonchev–Trinajstić information content (AvgIpc) is 2.45. The van der Waals surface area contributed by atoms with Gasteiger partial charge in [0.25, 0.3) is 0 Å². The number of nitrogens with one attached hydrogen (secondary N) is 1. The van der Waals surface area contributed by atoms with Crippen molar-refractivity contribution in [2.45, 2.75) is 6.04 Å². The fourth-order valence-corrected chi connectivity index (χ4v) is 2.14. The first-order chi connectivity index (χ1) is 9.61. The summed E-state index contributed by atoms with van der Waals surface area (Å²) in [5.41, 5.74) is 6.95. The van der Waals surface area contributed by atoms with Crippen LogP contribution in [0.4, 0.5) is 5.69 Å². The number of nitrogens with two attached hydrogens (primary N) is 1. The molecule has 0 aliphatic rings. The minimum absolute atomic E-state index is 0.455. The summed E-state index contributed by atoms with van der Waals surface area (Å²) in [6.45, 7) is 0. The summed E-state index contributed by atoms with van der Waals surface area (Å²) < 4.78 is 5.09. The highest BCUT2D eigenvalue weighted by molar-refractivity contribution is 6.32. The first-order valence-corrected chi connectivity index (χ1v) is 6.44. The largest absolute Gasteiger partial charge is 0.495 e. The number of carbonyl (C=O) groups is 1. The van der Waals surface area contributed by atoms with Crippen LogP contribution in [0.1, 0.15) is 11.6 Å². The molecule has 4 nitrogen and oxygen atoms in total. The third-order valence-electron chi connectivity index (χ3n) is 2.88. The van der Waals surface area contributed by atoms with Gasteiger partial charge in [0.15, 0.2) is 0 Å². The van der Waals surface area contributed by atoms with E-state index >= 15 is 0 Å². The summed E-state index contributed by atoms with van der Waals surface area (Å²) in [4.78, 5) is 11.6. The highest BCUT2D eigenvalue weighted by Gasteiger charge is 2.17. The Morgan fingerprint density at radius 3 is 2.50 bits per heavy atom. The van der Waals surface area contributed by atoms with E-state index in [2.05, 4.69) is 5.32 Å². The molecule has 0 saturated heterocycles. The van der Waals surface area contributed by atoms with Gasteiger partial charge in [-0.3, -0.25) is 4.79 Å². The molecule has 104 valence electrons. The molecule has 0 bridgehead atoms. The lowest BCUT2D eigenvalue weighted by molar-refractivity contribution is -0.118. The number of hydrogen-bond donors (Lipinski definition) is 2. The monoisotopic (exact) mass is 290 g/mol. The van der Waals surface area contributed by atoms with E-state index in [1.165, 1.54) is 0 Å². The first kappa shape index (κ1) is 14.2. The molecule has 0 radical (unpaired) electrons. The zero-order chi connectivity index (χ0) is 14.5. The Balaban J connectivity index is 2.25. The number of anilines is 1. The van der Waals surface area contributed by atoms with Gasteiger partial charge < -0.3 is 15.8 Å². The zero-order valence-corrected chi connectivity index (χ0v) is 11.7. The van der Waals surface area contributed by atoms with Crippen molar-refractivity contribution < 1.29 is 9.53 Å².